The van der Waals surface area contributed by atoms with Crippen molar-refractivity contribution in [2.24, 2.45) is 11.8 Å². The number of hydrogen-bond donors (Lipinski definition) is 0. The molecular weight excluding hydrogens is 183 g/mol. The van der Waals surface area contributed by atoms with E-state index in [1.165, 1.54) is 4.23 Å². The Hall–Kier alpha value is -0.0656. The molecule has 0 radical (unpaired) electrons. The fraction of sp³-hybridized carbons (Fsp3) is 0.545. The monoisotopic (exact) mass is 201 g/mol. The summed E-state index contributed by atoms with van der Waals surface area (Å²) in [6.45, 7) is 8.76. The van der Waals surface area contributed by atoms with Crippen LogP contribution in [0.5, 0.6) is 0 Å². The fourth-order valence-corrected chi connectivity index (χ4v) is 0.767. The predicted molar refractivity (Wildman–Crippen MR) is 53.0 cm³/mol. The summed E-state index contributed by atoms with van der Waals surface area (Å²) in [4.78, 5) is 0. The Kier molecular flexibility index (Phi) is 6.42. The van der Waals surface area contributed by atoms with Gasteiger partial charge in [-0.05, 0) is 0 Å². The Morgan fingerprint density at radius 2 is 1.67 bits per heavy atom. The fourth-order valence-electron chi connectivity index (χ4n) is 0.633. The molecule has 0 rings (SSSR count). The summed E-state index contributed by atoms with van der Waals surface area (Å²) in [5.41, 5.74) is 0. The van der Waals surface area contributed by atoms with E-state index in [0.717, 1.165) is 0 Å². The standard InChI is InChI=1S/C11H18.V/c1-10(2)8-6-5-7-9-11(3)4;/h5-8,10-11H,1-4H3;/q;+2. The zero-order valence-corrected chi connectivity index (χ0v) is 9.81. The molecule has 0 saturated carbocycles. The van der Waals surface area contributed by atoms with Crippen LogP contribution in [0.3, 0.4) is 0 Å². The van der Waals surface area contributed by atoms with Crippen LogP contribution in [0, 0.1) is 11.8 Å². The minimum atomic E-state index is 0.633. The van der Waals surface area contributed by atoms with E-state index < -0.39 is 0 Å². The Bertz CT molecular complexity index is 185. The van der Waals surface area contributed by atoms with Crippen molar-refractivity contribution in [3.8, 4) is 0 Å². The van der Waals surface area contributed by atoms with Crippen molar-refractivity contribution in [2.45, 2.75) is 27.7 Å². The molecule has 0 heterocycles. The van der Waals surface area contributed by atoms with E-state index >= 15 is 0 Å². The van der Waals surface area contributed by atoms with Gasteiger partial charge in [0.2, 0.25) is 0 Å². The third kappa shape index (κ3) is 6.63. The third-order valence-electron chi connectivity index (χ3n) is 1.47. The van der Waals surface area contributed by atoms with Crippen molar-refractivity contribution >= 4 is 4.23 Å². The molecule has 0 N–H and O–H groups in total. The van der Waals surface area contributed by atoms with Gasteiger partial charge in [0.15, 0.2) is 0 Å². The van der Waals surface area contributed by atoms with E-state index in [0.29, 0.717) is 11.8 Å². The van der Waals surface area contributed by atoms with E-state index in [1.807, 2.05) is 0 Å². The molecule has 0 aromatic carbocycles. The topological polar surface area (TPSA) is 0 Å². The van der Waals surface area contributed by atoms with Gasteiger partial charge in [-0.2, -0.15) is 0 Å². The molecule has 0 fully saturated rings. The summed E-state index contributed by atoms with van der Waals surface area (Å²) < 4.78 is 1.37. The van der Waals surface area contributed by atoms with E-state index in [9.17, 15) is 0 Å². The van der Waals surface area contributed by atoms with Gasteiger partial charge in [0.1, 0.15) is 0 Å². The molecule has 0 nitrogen and oxygen atoms in total. The first-order valence-corrected chi connectivity index (χ1v) is 5.14. The summed E-state index contributed by atoms with van der Waals surface area (Å²) in [5, 5.41) is 0. The van der Waals surface area contributed by atoms with Crippen molar-refractivity contribution in [2.75, 3.05) is 0 Å². The van der Waals surface area contributed by atoms with Crippen LogP contribution in [0.25, 0.3) is 0 Å². The van der Waals surface area contributed by atoms with Crippen molar-refractivity contribution < 1.29 is 17.0 Å². The molecule has 0 spiro atoms. The molecule has 0 saturated heterocycles. The van der Waals surface area contributed by atoms with Crippen LogP contribution in [0.2, 0.25) is 0 Å². The quantitative estimate of drug-likeness (QED) is 0.613. The number of allylic oxidation sites excluding steroid dienone is 4. The number of rotatable bonds is 4. The third-order valence-corrected chi connectivity index (χ3v) is 2.50. The Morgan fingerprint density at radius 3 is 2.08 bits per heavy atom. The van der Waals surface area contributed by atoms with Crippen molar-refractivity contribution in [3.05, 3.63) is 24.3 Å². The Labute approximate surface area is 85.2 Å². The van der Waals surface area contributed by atoms with Gasteiger partial charge in [0, 0.05) is 0 Å². The van der Waals surface area contributed by atoms with Gasteiger partial charge in [0.05, 0.1) is 0 Å². The van der Waals surface area contributed by atoms with Crippen LogP contribution in [-0.4, -0.2) is 4.23 Å². The van der Waals surface area contributed by atoms with Gasteiger partial charge in [-0.1, -0.05) is 0 Å². The van der Waals surface area contributed by atoms with E-state index in [2.05, 4.69) is 69.0 Å². The molecule has 12 heavy (non-hydrogen) atoms. The van der Waals surface area contributed by atoms with Gasteiger partial charge in [-0.3, -0.25) is 0 Å². The molecule has 65 valence electrons. The molecule has 0 aliphatic carbocycles. The SMILES string of the molecule is CC(C)C=CC=C[C](=[V+2])C(C)C. The summed E-state index contributed by atoms with van der Waals surface area (Å²) in [5.74, 6) is 1.28. The zero-order chi connectivity index (χ0) is 9.56. The first-order valence-electron chi connectivity index (χ1n) is 4.44. The van der Waals surface area contributed by atoms with Crippen LogP contribution >= 0.6 is 0 Å². The molecular formula is C11H18V+2. The molecule has 0 amide bonds. The van der Waals surface area contributed by atoms with E-state index in [4.69, 9.17) is 0 Å². The summed E-state index contributed by atoms with van der Waals surface area (Å²) in [7, 11) is 0. The van der Waals surface area contributed by atoms with Crippen LogP contribution in [0.15, 0.2) is 24.3 Å². The molecule has 0 atom stereocenters. The van der Waals surface area contributed by atoms with Crippen molar-refractivity contribution in [3.63, 3.8) is 0 Å². The van der Waals surface area contributed by atoms with Gasteiger partial charge in [-0.25, -0.2) is 0 Å². The average molecular weight is 201 g/mol. The van der Waals surface area contributed by atoms with Crippen LogP contribution in [0.1, 0.15) is 27.7 Å². The normalized spacial score (nSPS) is 12.7. The second-order valence-corrected chi connectivity index (χ2v) is 4.37. The Morgan fingerprint density at radius 1 is 1.08 bits per heavy atom. The molecule has 0 aromatic rings. The maximum atomic E-state index is 2.62. The van der Waals surface area contributed by atoms with Gasteiger partial charge < -0.3 is 0 Å². The van der Waals surface area contributed by atoms with Crippen LogP contribution in [-0.2, 0) is 17.0 Å². The molecule has 0 unspecified atom stereocenters. The maximum absolute atomic E-state index is 2.62. The number of hydrogen-bond acceptors (Lipinski definition) is 0. The second kappa shape index (κ2) is 6.45. The van der Waals surface area contributed by atoms with Gasteiger partial charge in [0.25, 0.3) is 0 Å². The predicted octanol–water partition coefficient (Wildman–Crippen LogP) is 3.13. The minimum absolute atomic E-state index is 0.633. The summed E-state index contributed by atoms with van der Waals surface area (Å²) in [6.07, 6.45) is 8.56. The first kappa shape index (κ1) is 11.9. The summed E-state index contributed by atoms with van der Waals surface area (Å²) >= 11 is 2.62. The van der Waals surface area contributed by atoms with E-state index in [1.54, 1.807) is 0 Å². The zero-order valence-electron chi connectivity index (χ0n) is 8.41. The first-order chi connectivity index (χ1) is 5.54. The molecule has 0 aliphatic heterocycles. The van der Waals surface area contributed by atoms with Gasteiger partial charge >= 0.3 is 85.0 Å². The molecule has 0 bridgehead atoms. The molecule has 0 aromatic heterocycles. The molecule has 0 aliphatic rings. The molecule has 1 heteroatoms. The van der Waals surface area contributed by atoms with Crippen molar-refractivity contribution in [1.82, 2.24) is 0 Å². The summed E-state index contributed by atoms with van der Waals surface area (Å²) in [6, 6.07) is 0. The van der Waals surface area contributed by atoms with Crippen molar-refractivity contribution in [1.29, 1.82) is 0 Å². The van der Waals surface area contributed by atoms with Gasteiger partial charge in [-0.15, -0.1) is 0 Å². The van der Waals surface area contributed by atoms with Crippen LogP contribution in [0.4, 0.5) is 0 Å². The second-order valence-electron chi connectivity index (χ2n) is 3.57. The average Bonchev–Trinajstić information content (AvgIpc) is 1.97. The Balaban J connectivity index is 3.84. The van der Waals surface area contributed by atoms with Crippen LogP contribution < -0.4 is 0 Å². The van der Waals surface area contributed by atoms with E-state index in [-0.39, 0.29) is 0 Å².